The molecule has 23 heavy (non-hydrogen) atoms. The lowest BCUT2D eigenvalue weighted by atomic mass is 10.1. The summed E-state index contributed by atoms with van der Waals surface area (Å²) in [5.74, 6) is -2.45. The second-order valence-corrected chi connectivity index (χ2v) is 5.33. The number of nitrogens with zero attached hydrogens (tertiary/aromatic N) is 1. The van der Waals surface area contributed by atoms with Gasteiger partial charge in [-0.15, -0.1) is 0 Å². The van der Waals surface area contributed by atoms with Gasteiger partial charge in [0.05, 0.1) is 22.8 Å². The summed E-state index contributed by atoms with van der Waals surface area (Å²) in [7, 11) is 0. The van der Waals surface area contributed by atoms with E-state index in [0.717, 1.165) is 6.07 Å². The highest BCUT2D eigenvalue weighted by atomic mass is 35.5. The molecule has 0 aromatic heterocycles. The standard InChI is InChI=1S/C16H11ClFNO4/c17-9-4-3-5-10(18)14(9)15(20)19-8-13(16(21)22)23-12-7-2-1-6-11(12)19/h1-7,13H,8H2,(H,21,22)/t13-/m1/s1. The number of rotatable bonds is 2. The van der Waals surface area contributed by atoms with E-state index >= 15 is 0 Å². The molecule has 0 saturated carbocycles. The molecule has 0 bridgehead atoms. The van der Waals surface area contributed by atoms with Gasteiger partial charge in [-0.05, 0) is 24.3 Å². The number of para-hydroxylation sites is 2. The highest BCUT2D eigenvalue weighted by Gasteiger charge is 2.35. The molecule has 1 aliphatic heterocycles. The molecule has 0 spiro atoms. The molecule has 1 atom stereocenters. The minimum atomic E-state index is -1.24. The van der Waals surface area contributed by atoms with Gasteiger partial charge < -0.3 is 14.7 Å². The number of ether oxygens (including phenoxy) is 1. The maximum absolute atomic E-state index is 14.0. The van der Waals surface area contributed by atoms with Crippen molar-refractivity contribution in [3.63, 3.8) is 0 Å². The van der Waals surface area contributed by atoms with Gasteiger partial charge in [0.15, 0.2) is 0 Å². The SMILES string of the molecule is O=C(O)[C@H]1CN(C(=O)c2c(F)cccc2Cl)c2ccccc2O1. The van der Waals surface area contributed by atoms with E-state index in [9.17, 15) is 19.1 Å². The summed E-state index contributed by atoms with van der Waals surface area (Å²) in [4.78, 5) is 25.1. The van der Waals surface area contributed by atoms with Crippen molar-refractivity contribution < 1.29 is 23.8 Å². The Labute approximate surface area is 135 Å². The number of amides is 1. The van der Waals surface area contributed by atoms with Crippen molar-refractivity contribution >= 4 is 29.2 Å². The van der Waals surface area contributed by atoms with Gasteiger partial charge in [0.25, 0.3) is 5.91 Å². The number of anilines is 1. The number of hydrogen-bond acceptors (Lipinski definition) is 3. The number of halogens is 2. The first kappa shape index (κ1) is 15.3. The predicted molar refractivity (Wildman–Crippen MR) is 81.6 cm³/mol. The molecule has 0 unspecified atom stereocenters. The minimum absolute atomic E-state index is 0.0363. The average molecular weight is 336 g/mol. The van der Waals surface area contributed by atoms with Gasteiger partial charge in [-0.1, -0.05) is 29.8 Å². The van der Waals surface area contributed by atoms with Crippen molar-refractivity contribution in [2.45, 2.75) is 6.10 Å². The van der Waals surface area contributed by atoms with E-state index in [2.05, 4.69) is 0 Å². The van der Waals surface area contributed by atoms with Crippen LogP contribution in [0.25, 0.3) is 0 Å². The fourth-order valence-electron chi connectivity index (χ4n) is 2.39. The van der Waals surface area contributed by atoms with Crippen molar-refractivity contribution in [1.82, 2.24) is 0 Å². The van der Waals surface area contributed by atoms with E-state index in [0.29, 0.717) is 5.69 Å². The molecule has 2 aromatic rings. The zero-order valence-electron chi connectivity index (χ0n) is 11.7. The van der Waals surface area contributed by atoms with Gasteiger partial charge in [0, 0.05) is 0 Å². The highest BCUT2D eigenvalue weighted by Crippen LogP contribution is 2.35. The number of benzene rings is 2. The van der Waals surface area contributed by atoms with Gasteiger partial charge in [0.2, 0.25) is 6.10 Å². The topological polar surface area (TPSA) is 66.8 Å². The van der Waals surface area contributed by atoms with Crippen LogP contribution in [0.3, 0.4) is 0 Å². The van der Waals surface area contributed by atoms with Crippen LogP contribution in [-0.2, 0) is 4.79 Å². The van der Waals surface area contributed by atoms with Crippen molar-refractivity contribution in [1.29, 1.82) is 0 Å². The van der Waals surface area contributed by atoms with Crippen molar-refractivity contribution in [3.05, 3.63) is 58.9 Å². The molecule has 5 nitrogen and oxygen atoms in total. The van der Waals surface area contributed by atoms with Crippen LogP contribution in [-0.4, -0.2) is 29.6 Å². The zero-order valence-corrected chi connectivity index (χ0v) is 12.5. The molecule has 2 aromatic carbocycles. The van der Waals surface area contributed by atoms with E-state index in [1.165, 1.54) is 17.0 Å². The number of fused-ring (bicyclic) bond motifs is 1. The first-order valence-corrected chi connectivity index (χ1v) is 7.11. The second-order valence-electron chi connectivity index (χ2n) is 4.92. The fourth-order valence-corrected chi connectivity index (χ4v) is 2.64. The van der Waals surface area contributed by atoms with Crippen LogP contribution in [0.4, 0.5) is 10.1 Å². The van der Waals surface area contributed by atoms with E-state index in [4.69, 9.17) is 16.3 Å². The van der Waals surface area contributed by atoms with Crippen LogP contribution in [0.1, 0.15) is 10.4 Å². The number of aliphatic carboxylic acids is 1. The van der Waals surface area contributed by atoms with Gasteiger partial charge >= 0.3 is 5.97 Å². The van der Waals surface area contributed by atoms with Gasteiger partial charge in [-0.2, -0.15) is 0 Å². The van der Waals surface area contributed by atoms with E-state index in [1.54, 1.807) is 24.3 Å². The number of hydrogen-bond donors (Lipinski definition) is 1. The Kier molecular flexibility index (Phi) is 3.92. The Hall–Kier alpha value is -2.60. The summed E-state index contributed by atoms with van der Waals surface area (Å²) in [5.41, 5.74) is 0.0735. The van der Waals surface area contributed by atoms with E-state index in [-0.39, 0.29) is 22.9 Å². The van der Waals surface area contributed by atoms with Crippen LogP contribution in [0.15, 0.2) is 42.5 Å². The molecule has 118 valence electrons. The predicted octanol–water partition coefficient (Wildman–Crippen LogP) is 2.97. The molecule has 7 heteroatoms. The average Bonchev–Trinajstić information content (AvgIpc) is 2.53. The highest BCUT2D eigenvalue weighted by molar-refractivity contribution is 6.34. The molecule has 0 fully saturated rings. The first-order valence-electron chi connectivity index (χ1n) is 6.73. The summed E-state index contributed by atoms with van der Waals surface area (Å²) >= 11 is 5.93. The Balaban J connectivity index is 2.07. The monoisotopic (exact) mass is 335 g/mol. The van der Waals surface area contributed by atoms with Crippen LogP contribution in [0.2, 0.25) is 5.02 Å². The smallest absolute Gasteiger partial charge is 0.346 e. The summed E-state index contributed by atoms with van der Waals surface area (Å²) in [6, 6.07) is 10.4. The lowest BCUT2D eigenvalue weighted by Gasteiger charge is -2.33. The maximum atomic E-state index is 14.0. The fraction of sp³-hybridized carbons (Fsp3) is 0.125. The summed E-state index contributed by atoms with van der Waals surface area (Å²) in [6.45, 7) is -0.240. The molecule has 0 saturated heterocycles. The van der Waals surface area contributed by atoms with Crippen LogP contribution in [0.5, 0.6) is 5.75 Å². The lowest BCUT2D eigenvalue weighted by molar-refractivity contribution is -0.144. The van der Waals surface area contributed by atoms with Crippen molar-refractivity contribution in [3.8, 4) is 5.75 Å². The van der Waals surface area contributed by atoms with Gasteiger partial charge in [0.1, 0.15) is 11.6 Å². The van der Waals surface area contributed by atoms with E-state index in [1.807, 2.05) is 0 Å². The molecule has 1 amide bonds. The number of carboxylic acid groups (broad SMARTS) is 1. The Morgan fingerprint density at radius 3 is 2.65 bits per heavy atom. The first-order chi connectivity index (χ1) is 11.0. The van der Waals surface area contributed by atoms with Crippen LogP contribution < -0.4 is 9.64 Å². The largest absolute Gasteiger partial charge is 0.478 e. The van der Waals surface area contributed by atoms with Crippen molar-refractivity contribution in [2.75, 3.05) is 11.4 Å². The van der Waals surface area contributed by atoms with Crippen LogP contribution in [0, 0.1) is 5.82 Å². The molecule has 1 aliphatic rings. The quantitative estimate of drug-likeness (QED) is 0.916. The Morgan fingerprint density at radius 2 is 1.96 bits per heavy atom. The van der Waals surface area contributed by atoms with Gasteiger partial charge in [-0.3, -0.25) is 4.79 Å². The molecular formula is C16H11ClFNO4. The van der Waals surface area contributed by atoms with Gasteiger partial charge in [-0.25, -0.2) is 9.18 Å². The minimum Gasteiger partial charge on any atom is -0.478 e. The van der Waals surface area contributed by atoms with E-state index < -0.39 is 23.8 Å². The molecular weight excluding hydrogens is 325 g/mol. The van der Waals surface area contributed by atoms with Crippen molar-refractivity contribution in [2.24, 2.45) is 0 Å². The summed E-state index contributed by atoms with van der Waals surface area (Å²) in [6.07, 6.45) is -1.24. The summed E-state index contributed by atoms with van der Waals surface area (Å²) in [5, 5.41) is 9.14. The molecule has 3 rings (SSSR count). The molecule has 0 radical (unpaired) electrons. The third kappa shape index (κ3) is 2.73. The molecule has 1 N–H and O–H groups in total. The lowest BCUT2D eigenvalue weighted by Crippen LogP contribution is -2.47. The molecule has 0 aliphatic carbocycles. The number of carboxylic acids is 1. The Morgan fingerprint density at radius 1 is 1.22 bits per heavy atom. The third-order valence-corrected chi connectivity index (χ3v) is 3.79. The molecule has 1 heterocycles. The summed E-state index contributed by atoms with van der Waals surface area (Å²) < 4.78 is 19.4. The normalized spacial score (nSPS) is 16.4. The second kappa shape index (κ2) is 5.89. The number of carbonyl (C=O) groups excluding carboxylic acids is 1. The zero-order chi connectivity index (χ0) is 16.6. The van der Waals surface area contributed by atoms with Crippen LogP contribution >= 0.6 is 11.6 Å². The Bertz CT molecular complexity index is 775. The third-order valence-electron chi connectivity index (χ3n) is 3.47. The maximum Gasteiger partial charge on any atom is 0.346 e. The number of carbonyl (C=O) groups is 2.